The largest absolute Gasteiger partial charge is 0.507 e. The lowest BCUT2D eigenvalue weighted by Gasteiger charge is -2.32. The third kappa shape index (κ3) is 7.26. The van der Waals surface area contributed by atoms with Crippen molar-refractivity contribution >= 4 is 0 Å². The van der Waals surface area contributed by atoms with Crippen molar-refractivity contribution in [3.63, 3.8) is 0 Å². The highest BCUT2D eigenvalue weighted by Gasteiger charge is 2.31. The Balaban J connectivity index is 0.000000256. The van der Waals surface area contributed by atoms with Gasteiger partial charge in [0.2, 0.25) is 0 Å². The monoisotopic (exact) mass is 480 g/mol. The molecule has 1 saturated heterocycles. The van der Waals surface area contributed by atoms with Crippen LogP contribution in [0.5, 0.6) is 11.5 Å². The summed E-state index contributed by atoms with van der Waals surface area (Å²) in [5, 5.41) is 21.5. The number of unbranched alkanes of at least 4 members (excludes halogenated alkanes) is 2. The van der Waals surface area contributed by atoms with Gasteiger partial charge in [0, 0.05) is 24.3 Å². The average molecular weight is 481 g/mol. The van der Waals surface area contributed by atoms with E-state index in [1.807, 2.05) is 19.9 Å². The van der Waals surface area contributed by atoms with Crippen LogP contribution in [-0.4, -0.2) is 23.3 Å². The van der Waals surface area contributed by atoms with Crippen LogP contribution in [0.25, 0.3) is 0 Å². The number of aryl methyl sites for hydroxylation is 1. The molecule has 3 nitrogen and oxygen atoms in total. The SMILES string of the molecule is C1=C2CCCCC[NH+]2CCC1.C=C(C)[C@@H]1CCC(C)=C[C@H]1c1c(O)cc(CCCCC)c(C)c1O. The van der Waals surface area contributed by atoms with Gasteiger partial charge in [-0.3, -0.25) is 0 Å². The Hall–Kier alpha value is -2.00. The number of aromatic hydroxyl groups is 2. The van der Waals surface area contributed by atoms with Crippen molar-refractivity contribution in [3.05, 3.63) is 58.3 Å². The predicted molar refractivity (Wildman–Crippen MR) is 148 cm³/mol. The predicted octanol–water partition coefficient (Wildman–Crippen LogP) is 7.28. The number of benzene rings is 1. The minimum Gasteiger partial charge on any atom is -0.507 e. The Bertz CT molecular complexity index is 926. The molecule has 0 saturated carbocycles. The second-order valence-corrected chi connectivity index (χ2v) is 11.2. The first-order chi connectivity index (χ1) is 16.8. The number of nitrogens with one attached hydrogen (secondary N) is 1. The summed E-state index contributed by atoms with van der Waals surface area (Å²) in [7, 11) is 0. The Morgan fingerprint density at radius 1 is 1.06 bits per heavy atom. The van der Waals surface area contributed by atoms with E-state index in [0.717, 1.165) is 42.4 Å². The van der Waals surface area contributed by atoms with Gasteiger partial charge >= 0.3 is 0 Å². The van der Waals surface area contributed by atoms with E-state index in [1.165, 1.54) is 70.0 Å². The van der Waals surface area contributed by atoms with Crippen LogP contribution in [-0.2, 0) is 6.42 Å². The number of hydrogen-bond acceptors (Lipinski definition) is 2. The summed E-state index contributed by atoms with van der Waals surface area (Å²) in [4.78, 5) is 1.80. The minimum absolute atomic E-state index is 0.0136. The standard InChI is InChI=1S/C22H32O2.C10H17N/c1-6-7-8-9-17-13-20(23)21(22(24)16(17)5)19-12-15(4)10-11-18(19)14(2)3;1-2-6-10-7-3-5-9-11(10)8-4-1/h12-13,18-19,23-24H,2,6-11H2,1,3-5H3;7H,1-6,8-9H2/p+1/t18-,19+;/m0./s1. The van der Waals surface area contributed by atoms with Gasteiger partial charge in [0.25, 0.3) is 0 Å². The smallest absolute Gasteiger partial charge is 0.126 e. The van der Waals surface area contributed by atoms with Crippen LogP contribution in [0.4, 0.5) is 0 Å². The summed E-state index contributed by atoms with van der Waals surface area (Å²) in [5.41, 5.74) is 6.82. The Morgan fingerprint density at radius 2 is 1.83 bits per heavy atom. The topological polar surface area (TPSA) is 44.9 Å². The number of hydrogen-bond donors (Lipinski definition) is 3. The van der Waals surface area contributed by atoms with Crippen LogP contribution < -0.4 is 4.90 Å². The molecule has 1 unspecified atom stereocenters. The Morgan fingerprint density at radius 3 is 2.57 bits per heavy atom. The number of fused-ring (bicyclic) bond motifs is 1. The number of rotatable bonds is 6. The molecule has 2 aliphatic heterocycles. The maximum Gasteiger partial charge on any atom is 0.126 e. The van der Waals surface area contributed by atoms with E-state index in [9.17, 15) is 10.2 Å². The number of allylic oxidation sites excluding steroid dienone is 5. The van der Waals surface area contributed by atoms with Gasteiger partial charge in [-0.2, -0.15) is 0 Å². The van der Waals surface area contributed by atoms with Gasteiger partial charge in [-0.25, -0.2) is 0 Å². The van der Waals surface area contributed by atoms with Crippen molar-refractivity contribution < 1.29 is 15.1 Å². The fraction of sp³-hybridized carbons (Fsp3) is 0.625. The molecule has 194 valence electrons. The van der Waals surface area contributed by atoms with Crippen molar-refractivity contribution in [1.29, 1.82) is 0 Å². The summed E-state index contributed by atoms with van der Waals surface area (Å²) in [6.07, 6.45) is 19.6. The second-order valence-electron chi connectivity index (χ2n) is 11.2. The Labute approximate surface area is 214 Å². The number of phenolic OH excluding ortho intramolecular Hbond substituents is 2. The highest BCUT2D eigenvalue weighted by atomic mass is 16.3. The van der Waals surface area contributed by atoms with Gasteiger partial charge in [-0.05, 0) is 101 Å². The molecule has 0 amide bonds. The summed E-state index contributed by atoms with van der Waals surface area (Å²) >= 11 is 0. The lowest BCUT2D eigenvalue weighted by Crippen LogP contribution is -3.10. The van der Waals surface area contributed by atoms with Gasteiger partial charge in [0.1, 0.15) is 17.2 Å². The zero-order chi connectivity index (χ0) is 25.4. The first-order valence-electron chi connectivity index (χ1n) is 14.2. The fourth-order valence-electron chi connectivity index (χ4n) is 6.18. The summed E-state index contributed by atoms with van der Waals surface area (Å²) in [6, 6.07) is 1.87. The molecule has 35 heavy (non-hydrogen) atoms. The molecule has 3 atom stereocenters. The molecule has 0 aromatic heterocycles. The zero-order valence-corrected chi connectivity index (χ0v) is 22.9. The van der Waals surface area contributed by atoms with Crippen molar-refractivity contribution in [1.82, 2.24) is 0 Å². The van der Waals surface area contributed by atoms with E-state index in [0.29, 0.717) is 5.56 Å². The van der Waals surface area contributed by atoms with Crippen molar-refractivity contribution in [2.75, 3.05) is 13.1 Å². The molecule has 1 aromatic rings. The minimum atomic E-state index is 0.0136. The zero-order valence-electron chi connectivity index (χ0n) is 22.9. The van der Waals surface area contributed by atoms with Gasteiger partial charge in [-0.1, -0.05) is 43.6 Å². The summed E-state index contributed by atoms with van der Waals surface area (Å²) in [5.74, 6) is 0.783. The molecule has 0 radical (unpaired) electrons. The molecular weight excluding hydrogens is 430 g/mol. The van der Waals surface area contributed by atoms with E-state index in [2.05, 4.69) is 32.6 Å². The van der Waals surface area contributed by atoms with Crippen molar-refractivity contribution in [2.24, 2.45) is 5.92 Å². The first kappa shape index (κ1) is 27.6. The van der Waals surface area contributed by atoms with E-state index in [4.69, 9.17) is 0 Å². The second kappa shape index (κ2) is 13.3. The number of phenols is 2. The molecule has 0 bridgehead atoms. The molecular formula is C32H50NO2+. The van der Waals surface area contributed by atoms with Gasteiger partial charge in [-0.15, -0.1) is 0 Å². The van der Waals surface area contributed by atoms with E-state index < -0.39 is 0 Å². The van der Waals surface area contributed by atoms with Crippen LogP contribution in [0.1, 0.15) is 114 Å². The van der Waals surface area contributed by atoms with Crippen molar-refractivity contribution in [3.8, 4) is 11.5 Å². The average Bonchev–Trinajstić information content (AvgIpc) is 3.08. The van der Waals surface area contributed by atoms with Crippen LogP contribution >= 0.6 is 0 Å². The highest BCUT2D eigenvalue weighted by Crippen LogP contribution is 2.47. The van der Waals surface area contributed by atoms with Crippen LogP contribution in [0.15, 0.2) is 41.6 Å². The summed E-state index contributed by atoms with van der Waals surface area (Å²) in [6.45, 7) is 15.3. The van der Waals surface area contributed by atoms with E-state index in [-0.39, 0.29) is 23.3 Å². The lowest BCUT2D eigenvalue weighted by atomic mass is 9.73. The molecule has 1 fully saturated rings. The third-order valence-electron chi connectivity index (χ3n) is 8.39. The molecule has 3 heteroatoms. The van der Waals surface area contributed by atoms with E-state index in [1.54, 1.807) is 10.6 Å². The molecule has 1 aliphatic carbocycles. The maximum atomic E-state index is 10.8. The van der Waals surface area contributed by atoms with Crippen LogP contribution in [0, 0.1) is 12.8 Å². The van der Waals surface area contributed by atoms with E-state index >= 15 is 0 Å². The molecule has 1 aromatic carbocycles. The Kier molecular flexibility index (Phi) is 10.5. The van der Waals surface area contributed by atoms with Gasteiger partial charge in [0.05, 0.1) is 13.1 Å². The normalized spacial score (nSPS) is 24.3. The van der Waals surface area contributed by atoms with Crippen LogP contribution in [0.2, 0.25) is 0 Å². The molecule has 3 N–H and O–H groups in total. The summed E-state index contributed by atoms with van der Waals surface area (Å²) < 4.78 is 0. The van der Waals surface area contributed by atoms with Crippen LogP contribution in [0.3, 0.4) is 0 Å². The maximum absolute atomic E-state index is 10.8. The molecule has 3 aliphatic rings. The number of quaternary nitrogens is 1. The quantitative estimate of drug-likeness (QED) is 0.296. The molecule has 4 rings (SSSR count). The highest BCUT2D eigenvalue weighted by molar-refractivity contribution is 5.56. The third-order valence-corrected chi connectivity index (χ3v) is 8.39. The van der Waals surface area contributed by atoms with Gasteiger partial charge in [0.15, 0.2) is 0 Å². The molecule has 0 spiro atoms. The fourth-order valence-corrected chi connectivity index (χ4v) is 6.18. The lowest BCUT2D eigenvalue weighted by molar-refractivity contribution is -0.863. The van der Waals surface area contributed by atoms with Gasteiger partial charge < -0.3 is 15.1 Å². The van der Waals surface area contributed by atoms with Crippen molar-refractivity contribution in [2.45, 2.75) is 111 Å². The first-order valence-corrected chi connectivity index (χ1v) is 14.2. The molecule has 2 heterocycles.